The number of anilines is 1. The van der Waals surface area contributed by atoms with Gasteiger partial charge in [0, 0.05) is 6.42 Å². The van der Waals surface area contributed by atoms with Gasteiger partial charge in [-0.25, -0.2) is 4.98 Å². The van der Waals surface area contributed by atoms with E-state index in [4.69, 9.17) is 15.0 Å². The average molecular weight is 476 g/mol. The minimum absolute atomic E-state index is 0.00158. The van der Waals surface area contributed by atoms with Gasteiger partial charge in [-0.3, -0.25) is 9.13 Å². The number of hydrogen-bond acceptors (Lipinski definition) is 10. The van der Waals surface area contributed by atoms with Crippen molar-refractivity contribution in [2.75, 3.05) is 5.73 Å². The number of nitrogens with zero attached hydrogens (tertiary/aromatic N) is 4. The molecule has 0 radical (unpaired) electrons. The van der Waals surface area contributed by atoms with Gasteiger partial charge >= 0.3 is 7.60 Å². The number of ether oxygens (including phenoxy) is 1. The molecule has 0 aliphatic carbocycles. The van der Waals surface area contributed by atoms with Gasteiger partial charge in [-0.1, -0.05) is 23.6 Å². The summed E-state index contributed by atoms with van der Waals surface area (Å²) in [6.07, 6.45) is -2.16. The number of fused-ring (bicyclic) bond motifs is 1. The highest BCUT2D eigenvalue weighted by molar-refractivity contribution is 7.54. The van der Waals surface area contributed by atoms with Gasteiger partial charge in [0.25, 0.3) is 12.1 Å². The van der Waals surface area contributed by atoms with Crippen LogP contribution in [0.4, 0.5) is 5.82 Å². The van der Waals surface area contributed by atoms with Crippen molar-refractivity contribution in [3.8, 4) is 0 Å². The zero-order valence-electron chi connectivity index (χ0n) is 18.4. The highest BCUT2D eigenvalue weighted by Gasteiger charge is 2.51. The van der Waals surface area contributed by atoms with Crippen molar-refractivity contribution in [3.63, 3.8) is 0 Å². The number of aromatic nitrogens is 4. The lowest BCUT2D eigenvalue weighted by atomic mass is 9.93. The summed E-state index contributed by atoms with van der Waals surface area (Å²) in [4.78, 5) is 18.5. The van der Waals surface area contributed by atoms with Gasteiger partial charge in [-0.15, -0.1) is 0 Å². The van der Waals surface area contributed by atoms with Crippen molar-refractivity contribution in [2.45, 2.75) is 82.4 Å². The van der Waals surface area contributed by atoms with Gasteiger partial charge in [0.1, 0.15) is 18.5 Å². The van der Waals surface area contributed by atoms with E-state index in [1.54, 1.807) is 20.8 Å². The van der Waals surface area contributed by atoms with Crippen LogP contribution in [-0.2, 0) is 13.8 Å². The van der Waals surface area contributed by atoms with Crippen LogP contribution in [0.3, 0.4) is 0 Å². The molecule has 32 heavy (non-hydrogen) atoms. The second-order valence-corrected chi connectivity index (χ2v) is 10.7. The molecule has 0 saturated carbocycles. The molecule has 14 heteroatoms. The topological polar surface area (TPSA) is 197 Å². The predicted molar refractivity (Wildman–Crippen MR) is 110 cm³/mol. The molecule has 3 heterocycles. The van der Waals surface area contributed by atoms with Crippen LogP contribution < -0.4 is 10.5 Å². The fourth-order valence-corrected chi connectivity index (χ4v) is 4.92. The van der Waals surface area contributed by atoms with Gasteiger partial charge in [0.05, 0.1) is 11.7 Å². The van der Waals surface area contributed by atoms with Crippen LogP contribution in [0, 0.1) is 0 Å². The van der Waals surface area contributed by atoms with E-state index in [0.29, 0.717) is 4.73 Å². The maximum atomic E-state index is 12.7. The van der Waals surface area contributed by atoms with Crippen molar-refractivity contribution in [1.29, 1.82) is 0 Å². The summed E-state index contributed by atoms with van der Waals surface area (Å²) in [5.41, 5.74) is 4.93. The van der Waals surface area contributed by atoms with Crippen LogP contribution in [0.25, 0.3) is 11.2 Å². The zero-order valence-corrected chi connectivity index (χ0v) is 19.3. The number of rotatable bonds is 8. The first kappa shape index (κ1) is 24.8. The highest BCUT2D eigenvalue weighted by atomic mass is 31.2. The summed E-state index contributed by atoms with van der Waals surface area (Å²) < 4.78 is 26.1. The quantitative estimate of drug-likeness (QED) is 0.171. The Labute approximate surface area is 184 Å². The molecule has 3 rings (SSSR count). The molecule has 7 N–H and O–H groups in total. The van der Waals surface area contributed by atoms with Crippen molar-refractivity contribution in [2.24, 2.45) is 0 Å². The molecule has 1 aliphatic heterocycles. The Kier molecular flexibility index (Phi) is 6.57. The Bertz CT molecular complexity index is 1030. The van der Waals surface area contributed by atoms with Crippen LogP contribution in [0.5, 0.6) is 0 Å². The van der Waals surface area contributed by atoms with E-state index in [0.717, 1.165) is 6.33 Å². The first-order chi connectivity index (χ1) is 14.8. The largest absolute Gasteiger partial charge is 0.388 e. The number of nitrogens with two attached hydrogens (primary N) is 1. The molecule has 2 aromatic heterocycles. The normalized spacial score (nSPS) is 29.5. The van der Waals surface area contributed by atoms with Crippen molar-refractivity contribution >= 4 is 24.6 Å². The SMILES string of the molecule is CCC(C)(C[C@H]1O[C@@H](n2cnc3c(N)[n+](O)cnc32)[C@H](O)[C@@H]1O)OP(=O)(O)C(C)(O)CC. The first-order valence-corrected chi connectivity index (χ1v) is 11.8. The number of nitrogen functional groups attached to an aromatic ring is 1. The van der Waals surface area contributed by atoms with Gasteiger partial charge < -0.3 is 40.4 Å². The molecule has 3 unspecified atom stereocenters. The lowest BCUT2D eigenvalue weighted by molar-refractivity contribution is -0.894. The van der Waals surface area contributed by atoms with Gasteiger partial charge in [-0.05, 0) is 26.7 Å². The second kappa shape index (κ2) is 8.49. The van der Waals surface area contributed by atoms with Crippen LogP contribution in [0.15, 0.2) is 12.7 Å². The lowest BCUT2D eigenvalue weighted by Crippen LogP contribution is -2.40. The Morgan fingerprint density at radius 1 is 1.28 bits per heavy atom. The Balaban J connectivity index is 1.85. The third kappa shape index (κ3) is 4.21. The van der Waals surface area contributed by atoms with E-state index >= 15 is 0 Å². The average Bonchev–Trinajstić information content (AvgIpc) is 3.27. The van der Waals surface area contributed by atoms with E-state index in [1.165, 1.54) is 17.8 Å². The third-order valence-corrected chi connectivity index (χ3v) is 8.38. The third-order valence-electron chi connectivity index (χ3n) is 6.16. The molecule has 1 aliphatic rings. The summed E-state index contributed by atoms with van der Waals surface area (Å²) in [5, 5.41) is 39.2. The van der Waals surface area contributed by atoms with E-state index in [2.05, 4.69) is 9.97 Å². The van der Waals surface area contributed by atoms with Crippen molar-refractivity contribution in [3.05, 3.63) is 12.7 Å². The van der Waals surface area contributed by atoms with E-state index < -0.39 is 43.1 Å². The molecule has 13 nitrogen and oxygen atoms in total. The molecule has 2 aromatic rings. The standard InChI is InChI=1S/C18H30N5O8P/c1-5-17(3,31-32(28,29)18(4,26)6-2)7-10-12(24)13(25)16(30-10)22-8-20-11-14(19)23(27)9-21-15(11)22/h8-10,12-13,16,19,24-27H,5-7H2,1-4H3,(H,28,29)/p+1/t10-,12-,13-,16-,17?,18?/m1/s1. The number of hydrogen-bond donors (Lipinski definition) is 6. The van der Waals surface area contributed by atoms with Crippen LogP contribution in [0.2, 0.25) is 0 Å². The summed E-state index contributed by atoms with van der Waals surface area (Å²) >= 11 is 0. The molecule has 0 amide bonds. The first-order valence-electron chi connectivity index (χ1n) is 10.3. The maximum absolute atomic E-state index is 12.7. The minimum Gasteiger partial charge on any atom is -0.388 e. The van der Waals surface area contributed by atoms with Crippen LogP contribution in [-0.4, -0.2) is 69.2 Å². The van der Waals surface area contributed by atoms with Crippen LogP contribution in [0.1, 0.15) is 53.2 Å². The predicted octanol–water partition coefficient (Wildman–Crippen LogP) is 0.0368. The van der Waals surface area contributed by atoms with E-state index in [9.17, 15) is 30.0 Å². The molecular weight excluding hydrogens is 445 g/mol. The zero-order chi connectivity index (χ0) is 24.1. The Morgan fingerprint density at radius 2 is 1.94 bits per heavy atom. The van der Waals surface area contributed by atoms with Gasteiger partial charge in [0.15, 0.2) is 11.6 Å². The molecule has 0 spiro atoms. The van der Waals surface area contributed by atoms with E-state index in [-0.39, 0.29) is 36.2 Å². The smallest absolute Gasteiger partial charge is 0.359 e. The highest BCUT2D eigenvalue weighted by Crippen LogP contribution is 2.59. The summed E-state index contributed by atoms with van der Waals surface area (Å²) in [6, 6.07) is 0. The summed E-state index contributed by atoms with van der Waals surface area (Å²) in [6.45, 7) is 6.10. The molecule has 0 aromatic carbocycles. The van der Waals surface area contributed by atoms with Crippen molar-refractivity contribution in [1.82, 2.24) is 14.5 Å². The summed E-state index contributed by atoms with van der Waals surface area (Å²) in [5.74, 6) is -0.0630. The lowest BCUT2D eigenvalue weighted by Gasteiger charge is -2.37. The van der Waals surface area contributed by atoms with Gasteiger partial charge in [0.2, 0.25) is 11.2 Å². The summed E-state index contributed by atoms with van der Waals surface area (Å²) in [7, 11) is -4.44. The van der Waals surface area contributed by atoms with Crippen LogP contribution >= 0.6 is 7.60 Å². The second-order valence-electron chi connectivity index (χ2n) is 8.53. The maximum Gasteiger partial charge on any atom is 0.359 e. The number of aliphatic hydroxyl groups is 3. The fourth-order valence-electron chi connectivity index (χ4n) is 3.53. The number of aliphatic hydroxyl groups excluding tert-OH is 2. The molecule has 180 valence electrons. The molecule has 0 bridgehead atoms. The fraction of sp³-hybridized carbons (Fsp3) is 0.722. The molecule has 1 fully saturated rings. The van der Waals surface area contributed by atoms with Gasteiger partial charge in [-0.2, -0.15) is 0 Å². The molecule has 7 atom stereocenters. The van der Waals surface area contributed by atoms with Crippen molar-refractivity contribution < 1.29 is 44.0 Å². The van der Waals surface area contributed by atoms with E-state index in [1.807, 2.05) is 0 Å². The molecule has 1 saturated heterocycles. The monoisotopic (exact) mass is 476 g/mol. The Morgan fingerprint density at radius 3 is 2.53 bits per heavy atom. The molecular formula is C18H31N5O8P+. The number of imidazole rings is 1. The minimum atomic E-state index is -4.44. The Hall–Kier alpha value is -1.86.